The Balaban J connectivity index is 1.74. The zero-order valence-electron chi connectivity index (χ0n) is 14.4. The molecule has 0 saturated carbocycles. The molecule has 1 saturated heterocycles. The summed E-state index contributed by atoms with van der Waals surface area (Å²) in [6.45, 7) is 3.70. The second-order valence-corrected chi connectivity index (χ2v) is 6.89. The van der Waals surface area contributed by atoms with Crippen LogP contribution in [0.2, 0.25) is 0 Å². The first-order valence-electron chi connectivity index (χ1n) is 8.70. The van der Waals surface area contributed by atoms with E-state index in [1.807, 2.05) is 17.9 Å². The summed E-state index contributed by atoms with van der Waals surface area (Å²) in [5.74, 6) is -0.696. The highest BCUT2D eigenvalue weighted by Gasteiger charge is 2.41. The van der Waals surface area contributed by atoms with E-state index in [9.17, 15) is 14.7 Å². The fraction of sp³-hybridized carbons (Fsp3) is 0.556. The molecule has 1 aromatic carbocycles. The maximum Gasteiger partial charge on any atom is 0.255 e. The highest BCUT2D eigenvalue weighted by Crippen LogP contribution is 2.38. The number of carbonyl (C=O) groups excluding carboxylic acids is 2. The summed E-state index contributed by atoms with van der Waals surface area (Å²) in [6.07, 6.45) is 0.869. The van der Waals surface area contributed by atoms with Crippen molar-refractivity contribution < 1.29 is 19.8 Å². The molecule has 25 heavy (non-hydrogen) atoms. The molecular weight excluding hydrogens is 322 g/mol. The highest BCUT2D eigenvalue weighted by molar-refractivity contribution is 6.09. The Bertz CT molecular complexity index is 670. The summed E-state index contributed by atoms with van der Waals surface area (Å²) in [5.41, 5.74) is 7.03. The Morgan fingerprint density at radius 2 is 2.04 bits per heavy atom. The number of primary amides is 1. The summed E-state index contributed by atoms with van der Waals surface area (Å²) in [6, 6.07) is 5.27. The monoisotopic (exact) mass is 347 g/mol. The lowest BCUT2D eigenvalue weighted by Crippen LogP contribution is -2.47. The van der Waals surface area contributed by atoms with E-state index in [2.05, 4.69) is 4.90 Å². The molecular formula is C18H25N3O4. The van der Waals surface area contributed by atoms with Gasteiger partial charge in [0.05, 0.1) is 29.9 Å². The smallest absolute Gasteiger partial charge is 0.255 e. The largest absolute Gasteiger partial charge is 0.394 e. The van der Waals surface area contributed by atoms with Gasteiger partial charge in [-0.15, -0.1) is 0 Å². The van der Waals surface area contributed by atoms with Gasteiger partial charge in [-0.25, -0.2) is 0 Å². The van der Waals surface area contributed by atoms with Crippen LogP contribution >= 0.6 is 0 Å². The minimum absolute atomic E-state index is 0.0821. The predicted molar refractivity (Wildman–Crippen MR) is 92.1 cm³/mol. The van der Waals surface area contributed by atoms with Gasteiger partial charge in [-0.3, -0.25) is 9.59 Å². The van der Waals surface area contributed by atoms with Gasteiger partial charge in [0, 0.05) is 25.7 Å². The molecule has 2 atom stereocenters. The molecule has 4 N–H and O–H groups in total. The van der Waals surface area contributed by atoms with E-state index in [-0.39, 0.29) is 24.6 Å². The molecule has 7 nitrogen and oxygen atoms in total. The Labute approximate surface area is 147 Å². The average molecular weight is 347 g/mol. The number of fused-ring (bicyclic) bond motifs is 1. The Kier molecular flexibility index (Phi) is 5.08. The first kappa shape index (κ1) is 17.8. The Morgan fingerprint density at radius 1 is 1.36 bits per heavy atom. The highest BCUT2D eigenvalue weighted by atomic mass is 16.3. The lowest BCUT2D eigenvalue weighted by atomic mass is 9.99. The molecule has 2 unspecified atom stereocenters. The van der Waals surface area contributed by atoms with E-state index in [0.717, 1.165) is 31.5 Å². The molecule has 136 valence electrons. The molecule has 1 aromatic rings. The van der Waals surface area contributed by atoms with Gasteiger partial charge in [0.2, 0.25) is 5.91 Å². The second-order valence-electron chi connectivity index (χ2n) is 6.89. The summed E-state index contributed by atoms with van der Waals surface area (Å²) in [4.78, 5) is 28.6. The van der Waals surface area contributed by atoms with Crippen molar-refractivity contribution >= 4 is 11.8 Å². The minimum Gasteiger partial charge on any atom is -0.394 e. The molecule has 2 aliphatic rings. The van der Waals surface area contributed by atoms with Crippen molar-refractivity contribution in [3.63, 3.8) is 0 Å². The van der Waals surface area contributed by atoms with Crippen LogP contribution in [0, 0.1) is 0 Å². The van der Waals surface area contributed by atoms with Crippen LogP contribution in [-0.4, -0.2) is 70.2 Å². The maximum atomic E-state index is 13.0. The summed E-state index contributed by atoms with van der Waals surface area (Å²) in [7, 11) is 0. The molecule has 0 bridgehead atoms. The summed E-state index contributed by atoms with van der Waals surface area (Å²) >= 11 is 0. The van der Waals surface area contributed by atoms with Crippen molar-refractivity contribution in [2.45, 2.75) is 38.0 Å². The average Bonchev–Trinajstić information content (AvgIpc) is 2.86. The van der Waals surface area contributed by atoms with E-state index in [4.69, 9.17) is 10.8 Å². The van der Waals surface area contributed by atoms with Gasteiger partial charge in [0.25, 0.3) is 5.91 Å². The van der Waals surface area contributed by atoms with Crippen LogP contribution in [0.1, 0.15) is 52.1 Å². The molecule has 2 aliphatic heterocycles. The van der Waals surface area contributed by atoms with E-state index in [1.165, 1.54) is 0 Å². The van der Waals surface area contributed by atoms with Gasteiger partial charge >= 0.3 is 0 Å². The zero-order valence-corrected chi connectivity index (χ0v) is 14.4. The van der Waals surface area contributed by atoms with Gasteiger partial charge in [0.15, 0.2) is 0 Å². The molecule has 0 radical (unpaired) electrons. The number of β-amino-alcohol motifs (C(OH)–C–C–N with tert-alkyl or cyclic N) is 1. The van der Waals surface area contributed by atoms with Crippen LogP contribution in [-0.2, 0) is 0 Å². The number of aliphatic hydroxyl groups is 2. The first-order valence-corrected chi connectivity index (χ1v) is 8.70. The SMILES string of the molecule is CC1c2cccc(C(N)=O)c2C(=O)N1C1CCN(CC(O)CO)CC1. The predicted octanol–water partition coefficient (Wildman–Crippen LogP) is 0.120. The van der Waals surface area contributed by atoms with Gasteiger partial charge in [-0.2, -0.15) is 0 Å². The van der Waals surface area contributed by atoms with Crippen molar-refractivity contribution in [3.8, 4) is 0 Å². The van der Waals surface area contributed by atoms with Crippen molar-refractivity contribution in [2.24, 2.45) is 5.73 Å². The third kappa shape index (κ3) is 3.27. The van der Waals surface area contributed by atoms with Crippen LogP contribution in [0.15, 0.2) is 18.2 Å². The van der Waals surface area contributed by atoms with Crippen molar-refractivity contribution in [3.05, 3.63) is 34.9 Å². The van der Waals surface area contributed by atoms with Gasteiger partial charge in [-0.05, 0) is 31.4 Å². The normalized spacial score (nSPS) is 22.9. The molecule has 0 aromatic heterocycles. The van der Waals surface area contributed by atoms with Crippen LogP contribution in [0.5, 0.6) is 0 Å². The Morgan fingerprint density at radius 3 is 2.64 bits per heavy atom. The number of piperidine rings is 1. The topological polar surface area (TPSA) is 107 Å². The number of hydrogen-bond acceptors (Lipinski definition) is 5. The fourth-order valence-corrected chi connectivity index (χ4v) is 4.04. The minimum atomic E-state index is -0.730. The van der Waals surface area contributed by atoms with Gasteiger partial charge in [0.1, 0.15) is 0 Å². The number of amides is 2. The molecule has 0 aliphatic carbocycles. The van der Waals surface area contributed by atoms with Crippen LogP contribution in [0.4, 0.5) is 0 Å². The van der Waals surface area contributed by atoms with Crippen molar-refractivity contribution in [1.82, 2.24) is 9.80 Å². The summed E-state index contributed by atoms with van der Waals surface area (Å²) in [5, 5.41) is 18.5. The van der Waals surface area contributed by atoms with Crippen LogP contribution in [0.3, 0.4) is 0 Å². The molecule has 7 heteroatoms. The molecule has 2 heterocycles. The lowest BCUT2D eigenvalue weighted by Gasteiger charge is -2.39. The fourth-order valence-electron chi connectivity index (χ4n) is 4.04. The zero-order chi connectivity index (χ0) is 18.1. The maximum absolute atomic E-state index is 13.0. The second kappa shape index (κ2) is 7.11. The lowest BCUT2D eigenvalue weighted by molar-refractivity contribution is 0.0307. The van der Waals surface area contributed by atoms with Gasteiger partial charge < -0.3 is 25.7 Å². The van der Waals surface area contributed by atoms with E-state index in [1.54, 1.807) is 12.1 Å². The number of aliphatic hydroxyl groups excluding tert-OH is 2. The molecule has 2 amide bonds. The third-order valence-corrected chi connectivity index (χ3v) is 5.31. The number of nitrogens with zero attached hydrogens (tertiary/aromatic N) is 2. The number of benzene rings is 1. The quantitative estimate of drug-likeness (QED) is 0.701. The Hall–Kier alpha value is -1.96. The van der Waals surface area contributed by atoms with E-state index in [0.29, 0.717) is 17.7 Å². The van der Waals surface area contributed by atoms with Crippen LogP contribution in [0.25, 0.3) is 0 Å². The van der Waals surface area contributed by atoms with Crippen molar-refractivity contribution in [2.75, 3.05) is 26.2 Å². The molecule has 3 rings (SSSR count). The first-order chi connectivity index (χ1) is 11.9. The number of likely N-dealkylation sites (tertiary alicyclic amines) is 1. The number of rotatable bonds is 5. The van der Waals surface area contributed by atoms with Crippen molar-refractivity contribution in [1.29, 1.82) is 0 Å². The molecule has 1 fully saturated rings. The van der Waals surface area contributed by atoms with Crippen LogP contribution < -0.4 is 5.73 Å². The number of nitrogens with two attached hydrogens (primary N) is 1. The standard InChI is InChI=1S/C18H25N3O4/c1-11-14-3-2-4-15(17(19)24)16(14)18(25)21(11)12-5-7-20(8-6-12)9-13(23)10-22/h2-4,11-13,22-23H,5-10H2,1H3,(H2,19,24). The van der Waals surface area contributed by atoms with E-state index < -0.39 is 12.0 Å². The van der Waals surface area contributed by atoms with Gasteiger partial charge in [-0.1, -0.05) is 12.1 Å². The number of carbonyl (C=O) groups is 2. The van der Waals surface area contributed by atoms with E-state index >= 15 is 0 Å². The number of hydrogen-bond donors (Lipinski definition) is 3. The third-order valence-electron chi connectivity index (χ3n) is 5.31. The molecule has 0 spiro atoms. The summed E-state index contributed by atoms with van der Waals surface area (Å²) < 4.78 is 0.